The first-order valence-corrected chi connectivity index (χ1v) is 7.95. The summed E-state index contributed by atoms with van der Waals surface area (Å²) in [4.78, 5) is 27.2. The van der Waals surface area contributed by atoms with Gasteiger partial charge in [0.2, 0.25) is 6.10 Å². The maximum absolute atomic E-state index is 12.7. The van der Waals surface area contributed by atoms with Gasteiger partial charge in [0, 0.05) is 24.6 Å². The van der Waals surface area contributed by atoms with Gasteiger partial charge in [-0.3, -0.25) is 4.90 Å². The fraction of sp³-hybridized carbons (Fsp3) is 0.429. The van der Waals surface area contributed by atoms with Crippen molar-refractivity contribution in [2.75, 3.05) is 36.0 Å². The van der Waals surface area contributed by atoms with E-state index in [9.17, 15) is 14.7 Å². The highest BCUT2D eigenvalue weighted by Crippen LogP contribution is 2.34. The molecule has 2 amide bonds. The smallest absolute Gasteiger partial charge is 0.346 e. The zero-order chi connectivity index (χ0) is 14.8. The van der Waals surface area contributed by atoms with Crippen molar-refractivity contribution in [1.82, 2.24) is 4.90 Å². The van der Waals surface area contributed by atoms with E-state index in [2.05, 4.69) is 0 Å². The third-order valence-corrected chi connectivity index (χ3v) is 4.50. The minimum atomic E-state index is -1.06. The number of para-hydroxylation sites is 2. The first-order chi connectivity index (χ1) is 10.2. The topological polar surface area (TPSA) is 70.1 Å². The fourth-order valence-corrected chi connectivity index (χ4v) is 3.37. The van der Waals surface area contributed by atoms with Crippen LogP contribution in [-0.4, -0.2) is 59.3 Å². The van der Waals surface area contributed by atoms with E-state index in [4.69, 9.17) is 4.74 Å². The molecule has 1 saturated heterocycles. The highest BCUT2D eigenvalue weighted by molar-refractivity contribution is 7.99. The molecule has 0 saturated carbocycles. The average molecular weight is 308 g/mol. The molecule has 21 heavy (non-hydrogen) atoms. The van der Waals surface area contributed by atoms with Crippen LogP contribution >= 0.6 is 11.8 Å². The number of amides is 2. The molecule has 7 heteroatoms. The maximum atomic E-state index is 12.7. The van der Waals surface area contributed by atoms with Crippen LogP contribution in [0.3, 0.4) is 0 Å². The summed E-state index contributed by atoms with van der Waals surface area (Å²) in [5.74, 6) is 1.22. The van der Waals surface area contributed by atoms with E-state index >= 15 is 0 Å². The molecule has 1 aromatic carbocycles. The Morgan fingerprint density at radius 1 is 1.24 bits per heavy atom. The van der Waals surface area contributed by atoms with Crippen molar-refractivity contribution in [3.63, 3.8) is 0 Å². The van der Waals surface area contributed by atoms with Crippen LogP contribution in [0.5, 0.6) is 5.75 Å². The van der Waals surface area contributed by atoms with Crippen molar-refractivity contribution in [1.29, 1.82) is 0 Å². The number of anilines is 1. The lowest BCUT2D eigenvalue weighted by molar-refractivity contribution is -0.144. The number of hydrogen-bond acceptors (Lipinski definition) is 4. The molecular formula is C14H16N2O4S. The lowest BCUT2D eigenvalue weighted by Crippen LogP contribution is -2.53. The summed E-state index contributed by atoms with van der Waals surface area (Å²) in [5.41, 5.74) is 0.637. The fourth-order valence-electron chi connectivity index (χ4n) is 2.47. The molecule has 6 nitrogen and oxygen atoms in total. The van der Waals surface area contributed by atoms with Crippen molar-refractivity contribution in [3.8, 4) is 5.75 Å². The summed E-state index contributed by atoms with van der Waals surface area (Å²) in [6.07, 6.45) is -1.02. The Morgan fingerprint density at radius 2 is 1.95 bits per heavy atom. The Kier molecular flexibility index (Phi) is 3.92. The van der Waals surface area contributed by atoms with Crippen molar-refractivity contribution in [2.24, 2.45) is 0 Å². The van der Waals surface area contributed by atoms with Crippen molar-refractivity contribution < 1.29 is 19.4 Å². The minimum Gasteiger partial charge on any atom is -0.478 e. The van der Waals surface area contributed by atoms with Crippen LogP contribution in [0.25, 0.3) is 0 Å². The molecule has 1 fully saturated rings. The number of hydrogen-bond donors (Lipinski definition) is 1. The van der Waals surface area contributed by atoms with Gasteiger partial charge in [-0.25, -0.2) is 9.59 Å². The third kappa shape index (κ3) is 2.78. The molecule has 112 valence electrons. The lowest BCUT2D eigenvalue weighted by atomic mass is 10.2. The predicted molar refractivity (Wildman–Crippen MR) is 80.1 cm³/mol. The molecule has 2 aliphatic heterocycles. The summed E-state index contributed by atoms with van der Waals surface area (Å²) >= 11 is 1.82. The molecule has 1 N–H and O–H groups in total. The molecule has 1 atom stereocenters. The van der Waals surface area contributed by atoms with Crippen LogP contribution in [0.2, 0.25) is 0 Å². The van der Waals surface area contributed by atoms with E-state index in [0.717, 1.165) is 11.5 Å². The zero-order valence-electron chi connectivity index (χ0n) is 11.4. The Morgan fingerprint density at radius 3 is 2.67 bits per heavy atom. The van der Waals surface area contributed by atoms with Crippen LogP contribution in [0, 0.1) is 0 Å². The number of aliphatic carboxylic acids is 1. The van der Waals surface area contributed by atoms with Gasteiger partial charge in [0.1, 0.15) is 5.75 Å². The van der Waals surface area contributed by atoms with E-state index in [1.54, 1.807) is 23.1 Å². The molecule has 0 aromatic heterocycles. The number of carboxylic acid groups (broad SMARTS) is 1. The van der Waals surface area contributed by atoms with Gasteiger partial charge in [0.25, 0.3) is 0 Å². The summed E-state index contributed by atoms with van der Waals surface area (Å²) in [6, 6.07) is 6.91. The number of carbonyl (C=O) groups is 2. The number of fused-ring (bicyclic) bond motifs is 1. The van der Waals surface area contributed by atoms with E-state index in [0.29, 0.717) is 24.5 Å². The average Bonchev–Trinajstić information content (AvgIpc) is 2.54. The highest BCUT2D eigenvalue weighted by atomic mass is 32.2. The summed E-state index contributed by atoms with van der Waals surface area (Å²) < 4.78 is 5.45. The zero-order valence-corrected chi connectivity index (χ0v) is 12.2. The van der Waals surface area contributed by atoms with Crippen LogP contribution in [0.4, 0.5) is 10.5 Å². The number of carbonyl (C=O) groups excluding carboxylic acids is 1. The molecule has 0 bridgehead atoms. The van der Waals surface area contributed by atoms with Gasteiger partial charge in [-0.05, 0) is 12.1 Å². The first-order valence-electron chi connectivity index (χ1n) is 6.79. The molecule has 2 heterocycles. The van der Waals surface area contributed by atoms with Crippen LogP contribution in [0.15, 0.2) is 24.3 Å². The Bertz CT molecular complexity index is 560. The predicted octanol–water partition coefficient (Wildman–Crippen LogP) is 1.51. The first kappa shape index (κ1) is 14.1. The van der Waals surface area contributed by atoms with Gasteiger partial charge in [-0.15, -0.1) is 0 Å². The molecular weight excluding hydrogens is 292 g/mol. The Labute approximate surface area is 126 Å². The van der Waals surface area contributed by atoms with E-state index in [-0.39, 0.29) is 12.6 Å². The van der Waals surface area contributed by atoms with Crippen LogP contribution < -0.4 is 9.64 Å². The van der Waals surface area contributed by atoms with Crippen LogP contribution in [0.1, 0.15) is 0 Å². The molecule has 3 rings (SSSR count). The van der Waals surface area contributed by atoms with Crippen molar-refractivity contribution in [2.45, 2.75) is 6.10 Å². The minimum absolute atomic E-state index is 0.0365. The number of nitrogens with zero attached hydrogens (tertiary/aromatic N) is 2. The van der Waals surface area contributed by atoms with Gasteiger partial charge < -0.3 is 14.7 Å². The summed E-state index contributed by atoms with van der Waals surface area (Å²) in [6.45, 7) is 1.43. The SMILES string of the molecule is O=C(O)C1CN(C(=O)N2CCSCC2)c2ccccc2O1. The van der Waals surface area contributed by atoms with E-state index < -0.39 is 12.1 Å². The second kappa shape index (κ2) is 5.85. The number of carboxylic acids is 1. The van der Waals surface area contributed by atoms with Crippen molar-refractivity contribution >= 4 is 29.4 Å². The summed E-state index contributed by atoms with van der Waals surface area (Å²) in [7, 11) is 0. The van der Waals surface area contributed by atoms with Gasteiger partial charge in [0.15, 0.2) is 0 Å². The maximum Gasteiger partial charge on any atom is 0.346 e. The Balaban J connectivity index is 1.88. The quantitative estimate of drug-likeness (QED) is 0.851. The number of ether oxygens (including phenoxy) is 1. The molecule has 1 aromatic rings. The highest BCUT2D eigenvalue weighted by Gasteiger charge is 2.35. The molecule has 0 radical (unpaired) electrons. The normalized spacial score (nSPS) is 21.4. The largest absolute Gasteiger partial charge is 0.478 e. The summed E-state index contributed by atoms with van der Waals surface area (Å²) in [5, 5.41) is 9.19. The molecule has 0 aliphatic carbocycles. The monoisotopic (exact) mass is 308 g/mol. The van der Waals surface area contributed by atoms with Crippen molar-refractivity contribution in [3.05, 3.63) is 24.3 Å². The Hall–Kier alpha value is -1.89. The van der Waals surface area contributed by atoms with Gasteiger partial charge in [-0.2, -0.15) is 11.8 Å². The second-order valence-corrected chi connectivity index (χ2v) is 6.13. The number of rotatable bonds is 1. The van der Waals surface area contributed by atoms with Gasteiger partial charge in [0.05, 0.1) is 12.2 Å². The number of benzene rings is 1. The third-order valence-electron chi connectivity index (χ3n) is 3.56. The van der Waals surface area contributed by atoms with Gasteiger partial charge >= 0.3 is 12.0 Å². The lowest BCUT2D eigenvalue weighted by Gasteiger charge is -2.37. The molecule has 1 unspecified atom stereocenters. The van der Waals surface area contributed by atoms with E-state index in [1.807, 2.05) is 17.8 Å². The molecule has 0 spiro atoms. The van der Waals surface area contributed by atoms with E-state index in [1.165, 1.54) is 4.90 Å². The standard InChI is InChI=1S/C14H16N2O4S/c17-13(18)12-9-16(10-3-1-2-4-11(10)20-12)14(19)15-5-7-21-8-6-15/h1-4,12H,5-9H2,(H,17,18). The van der Waals surface area contributed by atoms with Gasteiger partial charge in [-0.1, -0.05) is 12.1 Å². The molecule has 2 aliphatic rings. The number of thioether (sulfide) groups is 1. The van der Waals surface area contributed by atoms with Crippen LogP contribution in [-0.2, 0) is 4.79 Å². The number of urea groups is 1. The second-order valence-electron chi connectivity index (χ2n) is 4.91.